The van der Waals surface area contributed by atoms with Gasteiger partial charge >= 0.3 is 0 Å². The van der Waals surface area contributed by atoms with Gasteiger partial charge in [-0.1, -0.05) is 0 Å². The highest BCUT2D eigenvalue weighted by molar-refractivity contribution is 4.81. The first kappa shape index (κ1) is 14.8. The van der Waals surface area contributed by atoms with Crippen molar-refractivity contribution < 1.29 is 8.78 Å². The third kappa shape index (κ3) is 5.77. The Morgan fingerprint density at radius 1 is 1.41 bits per heavy atom. The fourth-order valence-corrected chi connectivity index (χ4v) is 2.67. The maximum absolute atomic E-state index is 13.3. The van der Waals surface area contributed by atoms with Crippen molar-refractivity contribution in [3.63, 3.8) is 0 Å². The van der Waals surface area contributed by atoms with Crippen molar-refractivity contribution in [2.45, 2.75) is 50.5 Å². The summed E-state index contributed by atoms with van der Waals surface area (Å²) < 4.78 is 26.6. The summed E-state index contributed by atoms with van der Waals surface area (Å²) >= 11 is 0. The molecule has 1 fully saturated rings. The van der Waals surface area contributed by atoms with Crippen LogP contribution in [0.25, 0.3) is 0 Å². The molecule has 2 nitrogen and oxygen atoms in total. The molecule has 0 aromatic heterocycles. The second kappa shape index (κ2) is 6.64. The molecule has 0 aromatic rings. The van der Waals surface area contributed by atoms with Crippen molar-refractivity contribution in [3.8, 4) is 0 Å². The van der Waals surface area contributed by atoms with Crippen LogP contribution < -0.4 is 5.32 Å². The molecule has 0 amide bonds. The fourth-order valence-electron chi connectivity index (χ4n) is 2.67. The van der Waals surface area contributed by atoms with Crippen molar-refractivity contribution in [1.82, 2.24) is 10.2 Å². The van der Waals surface area contributed by atoms with E-state index in [-0.39, 0.29) is 18.8 Å². The van der Waals surface area contributed by atoms with Crippen LogP contribution in [0.5, 0.6) is 0 Å². The Morgan fingerprint density at radius 2 is 2.12 bits per heavy atom. The molecular weight excluding hydrogens is 222 g/mol. The minimum Gasteiger partial charge on any atom is -0.317 e. The monoisotopic (exact) mass is 248 g/mol. The molecule has 4 heteroatoms. The lowest BCUT2D eigenvalue weighted by molar-refractivity contribution is -0.0548. The molecule has 0 radical (unpaired) electrons. The van der Waals surface area contributed by atoms with E-state index in [1.54, 1.807) is 0 Å². The summed E-state index contributed by atoms with van der Waals surface area (Å²) in [6.07, 6.45) is 3.75. The average molecular weight is 248 g/mol. The molecule has 0 bridgehead atoms. The number of alkyl halides is 2. The Balaban J connectivity index is 2.34. The van der Waals surface area contributed by atoms with Gasteiger partial charge < -0.3 is 10.2 Å². The van der Waals surface area contributed by atoms with Crippen LogP contribution in [0.3, 0.4) is 0 Å². The van der Waals surface area contributed by atoms with Gasteiger partial charge in [0.2, 0.25) is 5.92 Å². The molecule has 1 saturated carbocycles. The van der Waals surface area contributed by atoms with E-state index in [1.165, 1.54) is 0 Å². The summed E-state index contributed by atoms with van der Waals surface area (Å²) in [6.45, 7) is 1.01. The summed E-state index contributed by atoms with van der Waals surface area (Å²) in [5.41, 5.74) is 0. The van der Waals surface area contributed by atoms with Crippen LogP contribution in [-0.4, -0.2) is 44.6 Å². The van der Waals surface area contributed by atoms with E-state index in [4.69, 9.17) is 0 Å². The fraction of sp³-hybridized carbons (Fsp3) is 1.00. The number of halogens is 2. The molecule has 0 aliphatic heterocycles. The Kier molecular flexibility index (Phi) is 5.80. The summed E-state index contributed by atoms with van der Waals surface area (Å²) in [5, 5.41) is 3.26. The number of rotatable bonds is 6. The molecule has 1 N–H and O–H groups in total. The van der Waals surface area contributed by atoms with Gasteiger partial charge in [0, 0.05) is 18.9 Å². The van der Waals surface area contributed by atoms with Gasteiger partial charge in [0.1, 0.15) is 0 Å². The third-order valence-corrected chi connectivity index (χ3v) is 3.69. The van der Waals surface area contributed by atoms with Gasteiger partial charge in [-0.25, -0.2) is 8.78 Å². The maximum atomic E-state index is 13.3. The van der Waals surface area contributed by atoms with Crippen LogP contribution in [-0.2, 0) is 0 Å². The quantitative estimate of drug-likeness (QED) is 0.777. The standard InChI is InChI=1S/C13H26F2N2/c1-16-12(6-8-17(2)3)9-11-5-4-7-13(14,15)10-11/h11-12,16H,4-10H2,1-3H3. The number of hydrogen-bond donors (Lipinski definition) is 1. The molecule has 0 aromatic carbocycles. The van der Waals surface area contributed by atoms with Crippen molar-refractivity contribution >= 4 is 0 Å². The molecule has 0 saturated heterocycles. The Morgan fingerprint density at radius 3 is 2.65 bits per heavy atom. The predicted molar refractivity (Wildman–Crippen MR) is 67.5 cm³/mol. The van der Waals surface area contributed by atoms with Gasteiger partial charge in [-0.15, -0.1) is 0 Å². The van der Waals surface area contributed by atoms with Crippen LogP contribution >= 0.6 is 0 Å². The second-order valence-electron chi connectivity index (χ2n) is 5.63. The van der Waals surface area contributed by atoms with E-state index in [1.807, 2.05) is 21.1 Å². The highest BCUT2D eigenvalue weighted by atomic mass is 19.3. The Bertz CT molecular complexity index is 219. The topological polar surface area (TPSA) is 15.3 Å². The zero-order valence-electron chi connectivity index (χ0n) is 11.3. The summed E-state index contributed by atoms with van der Waals surface area (Å²) in [6, 6.07) is 0.372. The molecule has 0 heterocycles. The maximum Gasteiger partial charge on any atom is 0.248 e. The molecule has 2 unspecified atom stereocenters. The molecule has 0 spiro atoms. The molecule has 102 valence electrons. The van der Waals surface area contributed by atoms with E-state index in [9.17, 15) is 8.78 Å². The van der Waals surface area contributed by atoms with Gasteiger partial charge in [0.25, 0.3) is 0 Å². The molecule has 1 rings (SSSR count). The summed E-state index contributed by atoms with van der Waals surface area (Å²) in [5.74, 6) is -2.22. The highest BCUT2D eigenvalue weighted by Gasteiger charge is 2.36. The lowest BCUT2D eigenvalue weighted by Gasteiger charge is -2.31. The van der Waals surface area contributed by atoms with Crippen molar-refractivity contribution in [2.75, 3.05) is 27.7 Å². The second-order valence-corrected chi connectivity index (χ2v) is 5.63. The minimum absolute atomic E-state index is 0.0887. The first-order chi connectivity index (χ1) is 7.93. The van der Waals surface area contributed by atoms with Crippen LogP contribution in [0.1, 0.15) is 38.5 Å². The van der Waals surface area contributed by atoms with Crippen LogP contribution in [0.2, 0.25) is 0 Å². The number of nitrogens with one attached hydrogen (secondary N) is 1. The normalized spacial score (nSPS) is 26.1. The van der Waals surface area contributed by atoms with Gasteiger partial charge in [-0.2, -0.15) is 0 Å². The third-order valence-electron chi connectivity index (χ3n) is 3.69. The van der Waals surface area contributed by atoms with Crippen LogP contribution in [0.15, 0.2) is 0 Å². The molecule has 1 aliphatic rings. The lowest BCUT2D eigenvalue weighted by atomic mass is 9.82. The zero-order valence-corrected chi connectivity index (χ0v) is 11.3. The SMILES string of the molecule is CNC(CCN(C)C)CC1CCCC(F)(F)C1. The first-order valence-electron chi connectivity index (χ1n) is 6.63. The first-order valence-corrected chi connectivity index (χ1v) is 6.63. The number of hydrogen-bond acceptors (Lipinski definition) is 2. The smallest absolute Gasteiger partial charge is 0.248 e. The Hall–Kier alpha value is -0.220. The van der Waals surface area contributed by atoms with Gasteiger partial charge in [0.15, 0.2) is 0 Å². The predicted octanol–water partition coefficient (Wildman–Crippen LogP) is 2.74. The minimum atomic E-state index is -2.41. The van der Waals surface area contributed by atoms with Gasteiger partial charge in [0.05, 0.1) is 0 Å². The van der Waals surface area contributed by atoms with E-state index in [0.29, 0.717) is 12.5 Å². The van der Waals surface area contributed by atoms with Gasteiger partial charge in [-0.05, 0) is 59.3 Å². The largest absolute Gasteiger partial charge is 0.317 e. The molecule has 17 heavy (non-hydrogen) atoms. The zero-order chi connectivity index (χ0) is 12.9. The summed E-state index contributed by atoms with van der Waals surface area (Å²) in [4.78, 5) is 2.14. The van der Waals surface area contributed by atoms with Crippen molar-refractivity contribution in [2.24, 2.45) is 5.92 Å². The number of nitrogens with zero attached hydrogens (tertiary/aromatic N) is 1. The van der Waals surface area contributed by atoms with Gasteiger partial charge in [-0.3, -0.25) is 0 Å². The van der Waals surface area contributed by atoms with E-state index in [0.717, 1.165) is 25.8 Å². The Labute approximate surface area is 104 Å². The highest BCUT2D eigenvalue weighted by Crippen LogP contribution is 2.38. The van der Waals surface area contributed by atoms with Crippen LogP contribution in [0.4, 0.5) is 8.78 Å². The summed E-state index contributed by atoms with van der Waals surface area (Å²) in [7, 11) is 6.02. The van der Waals surface area contributed by atoms with E-state index < -0.39 is 5.92 Å². The van der Waals surface area contributed by atoms with E-state index >= 15 is 0 Å². The average Bonchev–Trinajstić information content (AvgIpc) is 2.22. The molecule has 1 aliphatic carbocycles. The molecule has 2 atom stereocenters. The van der Waals surface area contributed by atoms with Crippen molar-refractivity contribution in [3.05, 3.63) is 0 Å². The van der Waals surface area contributed by atoms with Crippen molar-refractivity contribution in [1.29, 1.82) is 0 Å². The lowest BCUT2D eigenvalue weighted by Crippen LogP contribution is -2.34. The van der Waals surface area contributed by atoms with Crippen LogP contribution in [0, 0.1) is 5.92 Å². The molecular formula is C13H26F2N2. The van der Waals surface area contributed by atoms with E-state index in [2.05, 4.69) is 10.2 Å².